The lowest BCUT2D eigenvalue weighted by Crippen LogP contribution is -2.25. The van der Waals surface area contributed by atoms with Crippen LogP contribution in [0.5, 0.6) is 0 Å². The molecule has 0 saturated heterocycles. The molecule has 20 heavy (non-hydrogen) atoms. The van der Waals surface area contributed by atoms with Gasteiger partial charge in [-0.15, -0.1) is 0 Å². The minimum Gasteiger partial charge on any atom is -0.420 e. The van der Waals surface area contributed by atoms with Crippen LogP contribution in [0.1, 0.15) is 18.1 Å². The first-order valence-electron chi connectivity index (χ1n) is 6.15. The molecule has 0 radical (unpaired) electrons. The topological polar surface area (TPSA) is 93.3 Å². The van der Waals surface area contributed by atoms with Crippen LogP contribution in [0.25, 0.3) is 22.1 Å². The van der Waals surface area contributed by atoms with Crippen LogP contribution in [0.2, 0.25) is 0 Å². The molecule has 1 aromatic carbocycles. The Hall–Kier alpha value is -2.63. The first-order valence-corrected chi connectivity index (χ1v) is 6.15. The maximum Gasteiger partial charge on any atom is 0.402 e. The summed E-state index contributed by atoms with van der Waals surface area (Å²) in [5, 5.41) is 0.707. The highest BCUT2D eigenvalue weighted by Gasteiger charge is 2.14. The molecule has 0 aliphatic heterocycles. The van der Waals surface area contributed by atoms with Gasteiger partial charge in [0.1, 0.15) is 5.52 Å². The second kappa shape index (κ2) is 4.19. The molecular weight excluding hydrogens is 262 g/mol. The van der Waals surface area contributed by atoms with Gasteiger partial charge in [-0.25, -0.2) is 9.59 Å². The van der Waals surface area contributed by atoms with Crippen LogP contribution >= 0.6 is 0 Å². The first kappa shape index (κ1) is 12.4. The highest BCUT2D eigenvalue weighted by molar-refractivity contribution is 6.00. The smallest absolute Gasteiger partial charge is 0.402 e. The van der Waals surface area contributed by atoms with Gasteiger partial charge < -0.3 is 13.8 Å². The predicted octanol–water partition coefficient (Wildman–Crippen LogP) is 1.46. The summed E-state index contributed by atoms with van der Waals surface area (Å²) in [7, 11) is 0. The van der Waals surface area contributed by atoms with E-state index in [2.05, 4.69) is 4.98 Å². The summed E-state index contributed by atoms with van der Waals surface area (Å²) in [6.45, 7) is 3.69. The summed E-state index contributed by atoms with van der Waals surface area (Å²) in [6.07, 6.45) is 0.558. The fourth-order valence-corrected chi connectivity index (χ4v) is 2.36. The van der Waals surface area contributed by atoms with E-state index in [0.29, 0.717) is 17.4 Å². The lowest BCUT2D eigenvalue weighted by molar-refractivity contribution is 0.536. The van der Waals surface area contributed by atoms with Crippen LogP contribution in [0.4, 0.5) is 0 Å². The molecule has 6 nitrogen and oxygen atoms in total. The van der Waals surface area contributed by atoms with Crippen molar-refractivity contribution in [1.82, 2.24) is 4.98 Å². The second-order valence-electron chi connectivity index (χ2n) is 4.51. The van der Waals surface area contributed by atoms with Gasteiger partial charge in [-0.05, 0) is 31.0 Å². The molecule has 0 atom stereocenters. The molecular formula is C14H11NO5. The summed E-state index contributed by atoms with van der Waals surface area (Å²) in [6, 6.07) is 3.28. The summed E-state index contributed by atoms with van der Waals surface area (Å²) < 4.78 is 10.2. The number of aromatic nitrogens is 1. The number of benzene rings is 1. The lowest BCUT2D eigenvalue weighted by Gasteiger charge is -2.07. The molecule has 0 aliphatic carbocycles. The molecule has 0 aliphatic rings. The van der Waals surface area contributed by atoms with Gasteiger partial charge in [0.15, 0.2) is 11.2 Å². The number of hydrogen-bond donors (Lipinski definition) is 1. The molecule has 0 unspecified atom stereocenters. The van der Waals surface area contributed by atoms with E-state index in [1.165, 1.54) is 0 Å². The number of nitrogens with one attached hydrogen (secondary N) is 1. The SMILES string of the molecule is CCc1c(C)c2ccc3oc(=O)c(=O)[nH]c3c2oc1=O. The standard InChI is InChI=1S/C14H11NO5/c1-3-7-6(2)8-4-5-9-10(11(8)20-13(7)17)15-12(16)14(18)19-9/h4-5H,3H2,1-2H3,(H,15,16). The third-order valence-electron chi connectivity index (χ3n) is 3.40. The Bertz CT molecular complexity index is 1010. The Morgan fingerprint density at radius 1 is 1.10 bits per heavy atom. The van der Waals surface area contributed by atoms with Gasteiger partial charge in [-0.3, -0.25) is 4.79 Å². The molecule has 0 fully saturated rings. The molecule has 2 heterocycles. The number of rotatable bonds is 1. The van der Waals surface area contributed by atoms with Gasteiger partial charge in [0.2, 0.25) is 0 Å². The van der Waals surface area contributed by atoms with Gasteiger partial charge in [-0.2, -0.15) is 0 Å². The molecule has 1 N–H and O–H groups in total. The van der Waals surface area contributed by atoms with Crippen LogP contribution < -0.4 is 16.8 Å². The Balaban J connectivity index is 2.62. The van der Waals surface area contributed by atoms with Crippen molar-refractivity contribution in [2.45, 2.75) is 20.3 Å². The molecule has 2 aromatic heterocycles. The highest BCUT2D eigenvalue weighted by Crippen LogP contribution is 2.25. The van der Waals surface area contributed by atoms with Crippen molar-refractivity contribution in [3.8, 4) is 0 Å². The number of aromatic amines is 1. The van der Waals surface area contributed by atoms with Crippen molar-refractivity contribution in [2.24, 2.45) is 0 Å². The molecule has 102 valence electrons. The average Bonchev–Trinajstić information content (AvgIpc) is 2.41. The Morgan fingerprint density at radius 2 is 1.85 bits per heavy atom. The van der Waals surface area contributed by atoms with E-state index < -0.39 is 16.8 Å². The molecule has 3 rings (SSSR count). The van der Waals surface area contributed by atoms with E-state index in [0.717, 1.165) is 5.56 Å². The van der Waals surface area contributed by atoms with Crippen LogP contribution in [0, 0.1) is 6.92 Å². The van der Waals surface area contributed by atoms with E-state index in [4.69, 9.17) is 8.83 Å². The zero-order valence-electron chi connectivity index (χ0n) is 10.9. The van der Waals surface area contributed by atoms with Crippen LogP contribution in [0.3, 0.4) is 0 Å². The Morgan fingerprint density at radius 3 is 2.55 bits per heavy atom. The van der Waals surface area contributed by atoms with Crippen molar-refractivity contribution >= 4 is 22.1 Å². The van der Waals surface area contributed by atoms with Crippen molar-refractivity contribution in [3.63, 3.8) is 0 Å². The van der Waals surface area contributed by atoms with Gasteiger partial charge in [-0.1, -0.05) is 6.92 Å². The maximum atomic E-state index is 11.9. The van der Waals surface area contributed by atoms with Gasteiger partial charge >= 0.3 is 16.8 Å². The Labute approximate surface area is 111 Å². The van der Waals surface area contributed by atoms with Gasteiger partial charge in [0.05, 0.1) is 0 Å². The fourth-order valence-electron chi connectivity index (χ4n) is 2.36. The molecule has 0 amide bonds. The zero-order chi connectivity index (χ0) is 14.4. The summed E-state index contributed by atoms with van der Waals surface area (Å²) in [4.78, 5) is 36.9. The van der Waals surface area contributed by atoms with E-state index >= 15 is 0 Å². The number of aryl methyl sites for hydroxylation is 1. The molecule has 0 bridgehead atoms. The number of H-pyrrole nitrogens is 1. The van der Waals surface area contributed by atoms with E-state index in [-0.39, 0.29) is 16.7 Å². The normalized spacial score (nSPS) is 11.3. The van der Waals surface area contributed by atoms with Crippen LogP contribution in [-0.4, -0.2) is 4.98 Å². The van der Waals surface area contributed by atoms with Crippen LogP contribution in [0.15, 0.2) is 35.4 Å². The third-order valence-corrected chi connectivity index (χ3v) is 3.40. The van der Waals surface area contributed by atoms with Crippen molar-refractivity contribution < 1.29 is 8.83 Å². The summed E-state index contributed by atoms with van der Waals surface area (Å²) >= 11 is 0. The predicted molar refractivity (Wildman–Crippen MR) is 73.3 cm³/mol. The number of fused-ring (bicyclic) bond motifs is 3. The maximum absolute atomic E-state index is 11.9. The van der Waals surface area contributed by atoms with Gasteiger partial charge in [0, 0.05) is 10.9 Å². The first-order chi connectivity index (χ1) is 9.52. The highest BCUT2D eigenvalue weighted by atomic mass is 16.4. The lowest BCUT2D eigenvalue weighted by atomic mass is 10.0. The minimum absolute atomic E-state index is 0.175. The van der Waals surface area contributed by atoms with E-state index in [9.17, 15) is 14.4 Å². The molecule has 6 heteroatoms. The van der Waals surface area contributed by atoms with Gasteiger partial charge in [0.25, 0.3) is 0 Å². The third kappa shape index (κ3) is 1.61. The monoisotopic (exact) mass is 273 g/mol. The van der Waals surface area contributed by atoms with Crippen molar-refractivity contribution in [2.75, 3.05) is 0 Å². The molecule has 0 spiro atoms. The zero-order valence-corrected chi connectivity index (χ0v) is 10.9. The van der Waals surface area contributed by atoms with Crippen LogP contribution in [-0.2, 0) is 6.42 Å². The summed E-state index contributed by atoms with van der Waals surface area (Å²) in [5.41, 5.74) is -0.306. The quantitative estimate of drug-likeness (QED) is 0.411. The number of hydrogen-bond acceptors (Lipinski definition) is 5. The average molecular weight is 273 g/mol. The Kier molecular flexibility index (Phi) is 2.60. The van der Waals surface area contributed by atoms with Crippen molar-refractivity contribution in [1.29, 1.82) is 0 Å². The fraction of sp³-hybridized carbons (Fsp3) is 0.214. The molecule has 0 saturated carbocycles. The van der Waals surface area contributed by atoms with Crippen molar-refractivity contribution in [3.05, 3.63) is 54.5 Å². The largest absolute Gasteiger partial charge is 0.420 e. The minimum atomic E-state index is -0.985. The van der Waals surface area contributed by atoms with E-state index in [1.54, 1.807) is 12.1 Å². The summed E-state index contributed by atoms with van der Waals surface area (Å²) in [5.74, 6) is 0. The van der Waals surface area contributed by atoms with E-state index in [1.807, 2.05) is 13.8 Å². The molecule has 3 aromatic rings. The second-order valence-corrected chi connectivity index (χ2v) is 4.51.